The molecule has 3 aromatic rings. The third-order valence-corrected chi connectivity index (χ3v) is 9.17. The molecule has 1 fully saturated rings. The van der Waals surface area contributed by atoms with E-state index in [1.165, 1.54) is 0 Å². The Hall–Kier alpha value is -2.39. The molecule has 0 saturated carbocycles. The highest BCUT2D eigenvalue weighted by Crippen LogP contribution is 2.58. The van der Waals surface area contributed by atoms with Gasteiger partial charge in [-0.25, -0.2) is 0 Å². The van der Waals surface area contributed by atoms with Gasteiger partial charge in [0, 0.05) is 43.5 Å². The maximum atomic E-state index is 15.1. The van der Waals surface area contributed by atoms with Crippen LogP contribution in [0.3, 0.4) is 0 Å². The molecule has 0 bridgehead atoms. The Labute approximate surface area is 179 Å². The molecule has 4 rings (SSSR count). The summed E-state index contributed by atoms with van der Waals surface area (Å²) in [4.78, 5) is 4.43. The van der Waals surface area contributed by atoms with Gasteiger partial charge in [-0.15, -0.1) is 0 Å². The van der Waals surface area contributed by atoms with Crippen LogP contribution in [0, 0.1) is 0 Å². The minimum absolute atomic E-state index is 0.234. The van der Waals surface area contributed by atoms with Crippen LogP contribution in [-0.2, 0) is 9.30 Å². The SMILES string of the molecule is CN(C)c1ccc(C(N2CCOCC2)P(=O)(c2ccccc2)c2ccccc2)cc1. The van der Waals surface area contributed by atoms with Crippen LogP contribution in [0.4, 0.5) is 5.69 Å². The molecule has 4 nitrogen and oxygen atoms in total. The summed E-state index contributed by atoms with van der Waals surface area (Å²) in [6, 6.07) is 28.4. The van der Waals surface area contributed by atoms with E-state index in [1.807, 2.05) is 74.8 Å². The monoisotopic (exact) mass is 420 g/mol. The first-order valence-electron chi connectivity index (χ1n) is 10.4. The highest BCUT2D eigenvalue weighted by Gasteiger charge is 2.41. The van der Waals surface area contributed by atoms with E-state index < -0.39 is 7.14 Å². The van der Waals surface area contributed by atoms with Crippen LogP contribution < -0.4 is 15.5 Å². The topological polar surface area (TPSA) is 32.8 Å². The molecular formula is C25H29N2O2P. The molecule has 1 unspecified atom stereocenters. The van der Waals surface area contributed by atoms with Crippen LogP contribution in [0.1, 0.15) is 11.3 Å². The number of hydrogen-bond acceptors (Lipinski definition) is 4. The molecule has 0 N–H and O–H groups in total. The summed E-state index contributed by atoms with van der Waals surface area (Å²) in [5.41, 5.74) is 2.22. The van der Waals surface area contributed by atoms with Crippen molar-refractivity contribution in [1.29, 1.82) is 0 Å². The maximum Gasteiger partial charge on any atom is 0.163 e. The molecule has 1 aliphatic heterocycles. The zero-order valence-corrected chi connectivity index (χ0v) is 18.5. The second-order valence-corrected chi connectivity index (χ2v) is 10.7. The lowest BCUT2D eigenvalue weighted by atomic mass is 10.1. The minimum Gasteiger partial charge on any atom is -0.379 e. The quantitative estimate of drug-likeness (QED) is 0.562. The fourth-order valence-corrected chi connectivity index (χ4v) is 7.52. The van der Waals surface area contributed by atoms with Crippen molar-refractivity contribution < 1.29 is 9.30 Å². The van der Waals surface area contributed by atoms with Crippen molar-refractivity contribution >= 4 is 23.4 Å². The molecule has 3 aromatic carbocycles. The van der Waals surface area contributed by atoms with Gasteiger partial charge in [0.1, 0.15) is 0 Å². The lowest BCUT2D eigenvalue weighted by Gasteiger charge is -2.40. The fourth-order valence-electron chi connectivity index (χ4n) is 4.15. The summed E-state index contributed by atoms with van der Waals surface area (Å²) >= 11 is 0. The standard InChI is InChI=1S/C25H29N2O2P/c1-26(2)22-15-13-21(14-16-22)25(27-17-19-29-20-18-27)30(28,23-9-5-3-6-10-23)24-11-7-4-8-12-24/h3-16,25H,17-20H2,1-2H3. The van der Waals surface area contributed by atoms with E-state index in [2.05, 4.69) is 34.1 Å². The molecule has 1 saturated heterocycles. The third kappa shape index (κ3) is 4.09. The van der Waals surface area contributed by atoms with Gasteiger partial charge in [0.2, 0.25) is 0 Å². The van der Waals surface area contributed by atoms with E-state index in [9.17, 15) is 0 Å². The van der Waals surface area contributed by atoms with Crippen molar-refractivity contribution in [3.63, 3.8) is 0 Å². The summed E-state index contributed by atoms with van der Waals surface area (Å²) in [7, 11) is 1.06. The lowest BCUT2D eigenvalue weighted by molar-refractivity contribution is 0.0308. The van der Waals surface area contributed by atoms with E-state index in [-0.39, 0.29) is 5.78 Å². The smallest absolute Gasteiger partial charge is 0.163 e. The van der Waals surface area contributed by atoms with Gasteiger partial charge in [0.15, 0.2) is 7.14 Å². The van der Waals surface area contributed by atoms with Crippen molar-refractivity contribution in [2.45, 2.75) is 5.78 Å². The molecule has 1 heterocycles. The Balaban J connectivity index is 1.90. The number of morpholine rings is 1. The van der Waals surface area contributed by atoms with Crippen LogP contribution in [-0.4, -0.2) is 45.3 Å². The Morgan fingerprint density at radius 3 is 1.77 bits per heavy atom. The number of hydrogen-bond donors (Lipinski definition) is 0. The number of anilines is 1. The fraction of sp³-hybridized carbons (Fsp3) is 0.280. The van der Waals surface area contributed by atoms with Crippen LogP contribution in [0.2, 0.25) is 0 Å². The van der Waals surface area contributed by atoms with Crippen molar-refractivity contribution in [3.05, 3.63) is 90.5 Å². The van der Waals surface area contributed by atoms with Gasteiger partial charge >= 0.3 is 0 Å². The van der Waals surface area contributed by atoms with E-state index in [0.29, 0.717) is 13.2 Å². The second-order valence-electron chi connectivity index (χ2n) is 7.84. The van der Waals surface area contributed by atoms with Crippen LogP contribution in [0.15, 0.2) is 84.9 Å². The molecule has 30 heavy (non-hydrogen) atoms. The van der Waals surface area contributed by atoms with Crippen molar-refractivity contribution in [2.75, 3.05) is 45.3 Å². The van der Waals surface area contributed by atoms with Crippen LogP contribution in [0.25, 0.3) is 0 Å². The minimum atomic E-state index is -3.01. The van der Waals surface area contributed by atoms with E-state index in [0.717, 1.165) is 34.9 Å². The van der Waals surface area contributed by atoms with Gasteiger partial charge in [-0.05, 0) is 17.7 Å². The summed E-state index contributed by atoms with van der Waals surface area (Å²) in [5.74, 6) is -0.234. The van der Waals surface area contributed by atoms with Gasteiger partial charge in [-0.3, -0.25) is 4.90 Å². The number of ether oxygens (including phenoxy) is 1. The van der Waals surface area contributed by atoms with E-state index in [4.69, 9.17) is 4.74 Å². The Bertz CT molecular complexity index is 941. The molecule has 5 heteroatoms. The van der Waals surface area contributed by atoms with Crippen LogP contribution in [0.5, 0.6) is 0 Å². The highest BCUT2D eigenvalue weighted by molar-refractivity contribution is 7.78. The van der Waals surface area contributed by atoms with Crippen molar-refractivity contribution in [1.82, 2.24) is 4.90 Å². The first-order chi connectivity index (χ1) is 14.6. The Morgan fingerprint density at radius 2 is 1.30 bits per heavy atom. The normalized spacial score (nSPS) is 16.2. The molecule has 0 aromatic heterocycles. The summed E-state index contributed by atoms with van der Waals surface area (Å²) in [6.45, 7) is 2.86. The molecule has 1 aliphatic rings. The average Bonchev–Trinajstić information content (AvgIpc) is 2.81. The van der Waals surface area contributed by atoms with Gasteiger partial charge in [0.05, 0.1) is 19.0 Å². The largest absolute Gasteiger partial charge is 0.379 e. The Kier molecular flexibility index (Phi) is 6.38. The molecule has 0 radical (unpaired) electrons. The average molecular weight is 420 g/mol. The summed E-state index contributed by atoms with van der Waals surface area (Å²) in [6.07, 6.45) is 0. The highest BCUT2D eigenvalue weighted by atomic mass is 31.2. The van der Waals surface area contributed by atoms with Gasteiger partial charge in [0.25, 0.3) is 0 Å². The first-order valence-corrected chi connectivity index (χ1v) is 12.2. The number of benzene rings is 3. The lowest BCUT2D eigenvalue weighted by Crippen LogP contribution is -2.41. The molecule has 0 amide bonds. The predicted molar refractivity (Wildman–Crippen MR) is 126 cm³/mol. The van der Waals surface area contributed by atoms with Crippen molar-refractivity contribution in [3.8, 4) is 0 Å². The molecular weight excluding hydrogens is 391 g/mol. The molecule has 0 spiro atoms. The maximum absolute atomic E-state index is 15.1. The zero-order chi connectivity index (χ0) is 21.0. The van der Waals surface area contributed by atoms with Crippen LogP contribution >= 0.6 is 7.14 Å². The Morgan fingerprint density at radius 1 is 0.800 bits per heavy atom. The van der Waals surface area contributed by atoms with Gasteiger partial charge < -0.3 is 14.2 Å². The molecule has 1 atom stereocenters. The summed E-state index contributed by atoms with van der Waals surface area (Å²) < 4.78 is 20.8. The van der Waals surface area contributed by atoms with Crippen molar-refractivity contribution in [2.24, 2.45) is 0 Å². The third-order valence-electron chi connectivity index (χ3n) is 5.72. The predicted octanol–water partition coefficient (Wildman–Crippen LogP) is 4.10. The molecule has 0 aliphatic carbocycles. The van der Waals surface area contributed by atoms with Gasteiger partial charge in [-0.2, -0.15) is 0 Å². The summed E-state index contributed by atoms with van der Waals surface area (Å²) in [5, 5.41) is 1.79. The first kappa shape index (κ1) is 20.9. The zero-order valence-electron chi connectivity index (χ0n) is 17.6. The van der Waals surface area contributed by atoms with Gasteiger partial charge in [-0.1, -0.05) is 72.8 Å². The second kappa shape index (κ2) is 9.18. The van der Waals surface area contributed by atoms with E-state index >= 15 is 4.57 Å². The number of nitrogens with zero attached hydrogens (tertiary/aromatic N) is 2. The molecule has 156 valence electrons. The van der Waals surface area contributed by atoms with E-state index in [1.54, 1.807) is 0 Å². The number of rotatable bonds is 6.